The van der Waals surface area contributed by atoms with E-state index < -0.39 is 22.5 Å². The van der Waals surface area contributed by atoms with Crippen LogP contribution >= 0.6 is 0 Å². The van der Waals surface area contributed by atoms with Crippen molar-refractivity contribution in [2.24, 2.45) is 0 Å². The molecule has 1 saturated heterocycles. The second kappa shape index (κ2) is 8.75. The quantitative estimate of drug-likeness (QED) is 0.709. The van der Waals surface area contributed by atoms with Crippen LogP contribution in [-0.4, -0.2) is 63.4 Å². The van der Waals surface area contributed by atoms with E-state index in [9.17, 15) is 22.0 Å². The Morgan fingerprint density at radius 3 is 2.21 bits per heavy atom. The largest absolute Gasteiger partial charge is 0.497 e. The first kappa shape index (κ1) is 21.0. The van der Waals surface area contributed by atoms with Crippen LogP contribution < -0.4 is 9.47 Å². The lowest BCUT2D eigenvalue weighted by molar-refractivity contribution is -0.0503. The Morgan fingerprint density at radius 2 is 1.62 bits per heavy atom. The molecule has 3 rings (SSSR count). The molecular weight excluding hydrogens is 406 g/mol. The second-order valence-electron chi connectivity index (χ2n) is 6.25. The molecule has 0 spiro atoms. The van der Waals surface area contributed by atoms with Gasteiger partial charge in [0.1, 0.15) is 11.5 Å². The van der Waals surface area contributed by atoms with Crippen molar-refractivity contribution in [2.45, 2.75) is 11.5 Å². The number of hydrogen-bond donors (Lipinski definition) is 0. The molecule has 0 atom stereocenters. The third-order valence-corrected chi connectivity index (χ3v) is 6.47. The molecule has 2 aromatic rings. The van der Waals surface area contributed by atoms with Crippen molar-refractivity contribution in [3.63, 3.8) is 0 Å². The Hall–Kier alpha value is -2.72. The molecule has 1 fully saturated rings. The number of alkyl halides is 2. The van der Waals surface area contributed by atoms with E-state index in [1.165, 1.54) is 46.6 Å². The van der Waals surface area contributed by atoms with Crippen molar-refractivity contribution in [2.75, 3.05) is 33.3 Å². The van der Waals surface area contributed by atoms with E-state index in [1.54, 1.807) is 18.2 Å². The number of sulfonamides is 1. The van der Waals surface area contributed by atoms with Crippen molar-refractivity contribution in [3.8, 4) is 11.5 Å². The van der Waals surface area contributed by atoms with Crippen LogP contribution in [0.2, 0.25) is 0 Å². The van der Waals surface area contributed by atoms with Crippen molar-refractivity contribution in [1.82, 2.24) is 9.21 Å². The Labute approximate surface area is 167 Å². The van der Waals surface area contributed by atoms with Gasteiger partial charge in [-0.05, 0) is 36.4 Å². The molecule has 0 bridgehead atoms. The van der Waals surface area contributed by atoms with Crippen LogP contribution in [0.5, 0.6) is 11.5 Å². The summed E-state index contributed by atoms with van der Waals surface area (Å²) >= 11 is 0. The van der Waals surface area contributed by atoms with Gasteiger partial charge in [0.05, 0.1) is 17.6 Å². The summed E-state index contributed by atoms with van der Waals surface area (Å²) in [5.41, 5.74) is 0.0132. The molecule has 1 heterocycles. The molecule has 10 heteroatoms. The fraction of sp³-hybridized carbons (Fsp3) is 0.316. The van der Waals surface area contributed by atoms with E-state index in [0.29, 0.717) is 5.75 Å². The number of carbonyl (C=O) groups is 1. The van der Waals surface area contributed by atoms with E-state index in [4.69, 9.17) is 4.74 Å². The number of rotatable bonds is 6. The van der Waals surface area contributed by atoms with Gasteiger partial charge >= 0.3 is 6.61 Å². The minimum Gasteiger partial charge on any atom is -0.497 e. The lowest BCUT2D eigenvalue weighted by Gasteiger charge is -2.34. The smallest absolute Gasteiger partial charge is 0.387 e. The van der Waals surface area contributed by atoms with Crippen LogP contribution in [0.4, 0.5) is 8.78 Å². The number of halogens is 2. The summed E-state index contributed by atoms with van der Waals surface area (Å²) in [5, 5.41) is 0. The molecule has 0 aromatic heterocycles. The standard InChI is InChI=1S/C19H20F2N2O5S/c1-27-14-6-8-15(9-7-14)29(25,26)23-12-10-22(11-13-23)18(24)16-4-2-3-5-17(16)28-19(20)21/h2-9,19H,10-13H2,1H3. The summed E-state index contributed by atoms with van der Waals surface area (Å²) in [5.74, 6) is -0.146. The first-order valence-electron chi connectivity index (χ1n) is 8.80. The minimum absolute atomic E-state index is 0.0132. The summed E-state index contributed by atoms with van der Waals surface area (Å²) in [6.07, 6.45) is 0. The molecule has 7 nitrogen and oxygen atoms in total. The number of piperazine rings is 1. The van der Waals surface area contributed by atoms with Crippen LogP contribution in [0.1, 0.15) is 10.4 Å². The maximum atomic E-state index is 12.8. The van der Waals surface area contributed by atoms with Gasteiger partial charge in [-0.15, -0.1) is 0 Å². The van der Waals surface area contributed by atoms with E-state index in [2.05, 4.69) is 4.74 Å². The van der Waals surface area contributed by atoms with Crippen molar-refractivity contribution < 1.29 is 31.5 Å². The molecule has 1 amide bonds. The van der Waals surface area contributed by atoms with E-state index in [1.807, 2.05) is 0 Å². The van der Waals surface area contributed by atoms with Crippen LogP contribution in [0.25, 0.3) is 0 Å². The summed E-state index contributed by atoms with van der Waals surface area (Å²) < 4.78 is 61.4. The van der Waals surface area contributed by atoms with Crippen molar-refractivity contribution in [1.29, 1.82) is 0 Å². The normalized spacial score (nSPS) is 15.4. The zero-order chi connectivity index (χ0) is 21.0. The third-order valence-electron chi connectivity index (χ3n) is 4.56. The van der Waals surface area contributed by atoms with Gasteiger partial charge in [-0.25, -0.2) is 8.42 Å². The Kier molecular flexibility index (Phi) is 6.33. The number of benzene rings is 2. The molecule has 2 aromatic carbocycles. The summed E-state index contributed by atoms with van der Waals surface area (Å²) in [4.78, 5) is 14.3. The number of nitrogens with zero attached hydrogens (tertiary/aromatic N) is 2. The average Bonchev–Trinajstić information content (AvgIpc) is 2.73. The van der Waals surface area contributed by atoms with Crippen LogP contribution in [0.15, 0.2) is 53.4 Å². The zero-order valence-corrected chi connectivity index (χ0v) is 16.4. The molecule has 0 radical (unpaired) electrons. The van der Waals surface area contributed by atoms with Gasteiger partial charge in [0.15, 0.2) is 0 Å². The topological polar surface area (TPSA) is 76.2 Å². The number of ether oxygens (including phenoxy) is 2. The van der Waals surface area contributed by atoms with Gasteiger partial charge in [-0.2, -0.15) is 13.1 Å². The Morgan fingerprint density at radius 1 is 1.00 bits per heavy atom. The maximum absolute atomic E-state index is 12.8. The highest BCUT2D eigenvalue weighted by atomic mass is 32.2. The molecule has 0 N–H and O–H groups in total. The summed E-state index contributed by atoms with van der Waals surface area (Å²) in [6, 6.07) is 11.8. The number of methoxy groups -OCH3 is 1. The fourth-order valence-corrected chi connectivity index (χ4v) is 4.46. The predicted octanol–water partition coefficient (Wildman–Crippen LogP) is 2.44. The number of carbonyl (C=O) groups excluding carboxylic acids is 1. The molecule has 0 aliphatic carbocycles. The Bertz CT molecular complexity index is 959. The Balaban J connectivity index is 1.69. The maximum Gasteiger partial charge on any atom is 0.387 e. The average molecular weight is 426 g/mol. The molecule has 1 aliphatic rings. The van der Waals surface area contributed by atoms with Crippen LogP contribution in [0, 0.1) is 0 Å². The van der Waals surface area contributed by atoms with Crippen molar-refractivity contribution >= 4 is 15.9 Å². The van der Waals surface area contributed by atoms with Gasteiger partial charge in [-0.3, -0.25) is 4.79 Å². The van der Waals surface area contributed by atoms with Gasteiger partial charge in [-0.1, -0.05) is 12.1 Å². The van der Waals surface area contributed by atoms with E-state index in [-0.39, 0.29) is 42.4 Å². The first-order chi connectivity index (χ1) is 13.8. The molecule has 1 aliphatic heterocycles. The minimum atomic E-state index is -3.71. The number of para-hydroxylation sites is 1. The monoisotopic (exact) mass is 426 g/mol. The SMILES string of the molecule is COc1ccc(S(=O)(=O)N2CCN(C(=O)c3ccccc3OC(F)F)CC2)cc1. The fourth-order valence-electron chi connectivity index (χ4n) is 3.04. The van der Waals surface area contributed by atoms with Crippen molar-refractivity contribution in [3.05, 3.63) is 54.1 Å². The van der Waals surface area contributed by atoms with Crippen LogP contribution in [-0.2, 0) is 10.0 Å². The molecule has 156 valence electrons. The second-order valence-corrected chi connectivity index (χ2v) is 8.18. The molecular formula is C19H20F2N2O5S. The molecule has 0 saturated carbocycles. The highest BCUT2D eigenvalue weighted by molar-refractivity contribution is 7.89. The van der Waals surface area contributed by atoms with Crippen LogP contribution in [0.3, 0.4) is 0 Å². The third kappa shape index (κ3) is 4.65. The summed E-state index contributed by atoms with van der Waals surface area (Å²) in [7, 11) is -2.22. The van der Waals surface area contributed by atoms with E-state index in [0.717, 1.165) is 0 Å². The van der Waals surface area contributed by atoms with Gasteiger partial charge < -0.3 is 14.4 Å². The highest BCUT2D eigenvalue weighted by Crippen LogP contribution is 2.24. The lowest BCUT2D eigenvalue weighted by atomic mass is 10.1. The molecule has 0 unspecified atom stereocenters. The summed E-state index contributed by atoms with van der Waals surface area (Å²) in [6.45, 7) is -2.58. The molecule has 29 heavy (non-hydrogen) atoms. The highest BCUT2D eigenvalue weighted by Gasteiger charge is 2.31. The number of amides is 1. The zero-order valence-electron chi connectivity index (χ0n) is 15.6. The predicted molar refractivity (Wildman–Crippen MR) is 101 cm³/mol. The first-order valence-corrected chi connectivity index (χ1v) is 10.2. The van der Waals surface area contributed by atoms with Gasteiger partial charge in [0, 0.05) is 26.2 Å². The lowest BCUT2D eigenvalue weighted by Crippen LogP contribution is -2.50. The van der Waals surface area contributed by atoms with E-state index >= 15 is 0 Å². The van der Waals surface area contributed by atoms with Gasteiger partial charge in [0.25, 0.3) is 5.91 Å². The van der Waals surface area contributed by atoms with Gasteiger partial charge in [0.2, 0.25) is 10.0 Å². The number of hydrogen-bond acceptors (Lipinski definition) is 5.